The largest absolute Gasteiger partial charge is 0.493 e. The molecular weight excluding hydrogens is 356 g/mol. The van der Waals surface area contributed by atoms with Crippen LogP contribution in [0.5, 0.6) is 17.2 Å². The Morgan fingerprint density at radius 1 is 1.07 bits per heavy atom. The molecule has 28 heavy (non-hydrogen) atoms. The van der Waals surface area contributed by atoms with Gasteiger partial charge in [0.1, 0.15) is 11.9 Å². The summed E-state index contributed by atoms with van der Waals surface area (Å²) >= 11 is 0. The number of nitrogens with one attached hydrogen (secondary N) is 1. The second-order valence-electron chi connectivity index (χ2n) is 6.98. The van der Waals surface area contributed by atoms with Crippen molar-refractivity contribution in [1.82, 2.24) is 10.2 Å². The van der Waals surface area contributed by atoms with Crippen LogP contribution in [0.4, 0.5) is 0 Å². The number of carbonyl (C=O) groups is 1. The first kappa shape index (κ1) is 20.0. The van der Waals surface area contributed by atoms with E-state index in [1.54, 1.807) is 19.2 Å². The summed E-state index contributed by atoms with van der Waals surface area (Å²) < 4.78 is 16.8. The maximum atomic E-state index is 12.0. The molecule has 1 amide bonds. The van der Waals surface area contributed by atoms with E-state index in [1.807, 2.05) is 36.4 Å². The van der Waals surface area contributed by atoms with E-state index >= 15 is 0 Å². The van der Waals surface area contributed by atoms with E-state index < -0.39 is 0 Å². The van der Waals surface area contributed by atoms with Crippen LogP contribution < -0.4 is 19.5 Å². The molecule has 0 aliphatic carbocycles. The van der Waals surface area contributed by atoms with Crippen molar-refractivity contribution in [3.63, 3.8) is 0 Å². The van der Waals surface area contributed by atoms with Crippen molar-refractivity contribution in [2.45, 2.75) is 25.5 Å². The summed E-state index contributed by atoms with van der Waals surface area (Å²) in [5.74, 6) is 1.85. The van der Waals surface area contributed by atoms with Gasteiger partial charge in [-0.25, -0.2) is 0 Å². The van der Waals surface area contributed by atoms with E-state index in [9.17, 15) is 4.79 Å². The Hall–Kier alpha value is -2.73. The third kappa shape index (κ3) is 5.89. The minimum absolute atomic E-state index is 0.0578. The fourth-order valence-electron chi connectivity index (χ4n) is 3.11. The number of rotatable bonds is 8. The van der Waals surface area contributed by atoms with Crippen molar-refractivity contribution in [2.24, 2.45) is 0 Å². The first-order valence-electron chi connectivity index (χ1n) is 9.60. The van der Waals surface area contributed by atoms with Crippen LogP contribution in [0.2, 0.25) is 0 Å². The maximum absolute atomic E-state index is 12.0. The van der Waals surface area contributed by atoms with Gasteiger partial charge in [-0.2, -0.15) is 0 Å². The van der Waals surface area contributed by atoms with Gasteiger partial charge in [-0.1, -0.05) is 24.3 Å². The zero-order chi connectivity index (χ0) is 19.8. The number of hydrogen-bond acceptors (Lipinski definition) is 5. The zero-order valence-electron chi connectivity index (χ0n) is 16.5. The van der Waals surface area contributed by atoms with Gasteiger partial charge >= 0.3 is 0 Å². The molecule has 1 N–H and O–H groups in total. The number of hydrogen-bond donors (Lipinski definition) is 1. The molecule has 1 saturated heterocycles. The molecule has 0 radical (unpaired) electrons. The molecule has 0 aromatic heterocycles. The van der Waals surface area contributed by atoms with Gasteiger partial charge < -0.3 is 24.4 Å². The Morgan fingerprint density at radius 3 is 2.43 bits per heavy atom. The Morgan fingerprint density at radius 2 is 1.75 bits per heavy atom. The summed E-state index contributed by atoms with van der Waals surface area (Å²) in [6.45, 7) is 2.54. The highest BCUT2D eigenvalue weighted by atomic mass is 16.5. The third-order valence-corrected chi connectivity index (χ3v) is 4.81. The summed E-state index contributed by atoms with van der Waals surface area (Å²) in [5, 5.41) is 2.86. The monoisotopic (exact) mass is 384 g/mol. The van der Waals surface area contributed by atoms with Crippen molar-refractivity contribution in [2.75, 3.05) is 33.9 Å². The normalized spacial score (nSPS) is 15.1. The number of likely N-dealkylation sites (tertiary alicyclic amines) is 1. The molecule has 2 aromatic rings. The number of benzene rings is 2. The summed E-state index contributed by atoms with van der Waals surface area (Å²) in [6.07, 6.45) is 2.40. The molecule has 0 saturated carbocycles. The summed E-state index contributed by atoms with van der Waals surface area (Å²) in [4.78, 5) is 14.4. The fourth-order valence-corrected chi connectivity index (χ4v) is 3.11. The average molecular weight is 384 g/mol. The molecule has 1 heterocycles. The van der Waals surface area contributed by atoms with Gasteiger partial charge in [-0.15, -0.1) is 0 Å². The maximum Gasteiger partial charge on any atom is 0.258 e. The molecular formula is C22H28N2O4. The second-order valence-corrected chi connectivity index (χ2v) is 6.98. The molecule has 3 rings (SSSR count). The van der Waals surface area contributed by atoms with E-state index in [-0.39, 0.29) is 18.6 Å². The van der Waals surface area contributed by atoms with E-state index in [0.29, 0.717) is 18.0 Å². The van der Waals surface area contributed by atoms with Crippen LogP contribution in [-0.4, -0.2) is 50.8 Å². The Labute approximate surface area is 166 Å². The summed E-state index contributed by atoms with van der Waals surface area (Å²) in [7, 11) is 3.71. The molecule has 6 heteroatoms. The molecule has 0 bridgehead atoms. The number of piperidine rings is 1. The highest BCUT2D eigenvalue weighted by Crippen LogP contribution is 2.25. The number of ether oxygens (including phenoxy) is 3. The standard InChI is InChI=1S/C22H28N2O4/c1-24-13-11-19(12-14-24)28-18-9-7-17(8-10-18)15-23-22(25)16-27-21-6-4-3-5-20(21)26-2/h3-10,19H,11-16H2,1-2H3,(H,23,25). The van der Waals surface area contributed by atoms with Crippen LogP contribution >= 0.6 is 0 Å². The van der Waals surface area contributed by atoms with E-state index in [0.717, 1.165) is 37.2 Å². The molecule has 6 nitrogen and oxygen atoms in total. The van der Waals surface area contributed by atoms with Crippen molar-refractivity contribution >= 4 is 5.91 Å². The number of nitrogens with zero attached hydrogens (tertiary/aromatic N) is 1. The molecule has 0 spiro atoms. The second kappa shape index (κ2) is 9.99. The van der Waals surface area contributed by atoms with Gasteiger partial charge in [-0.3, -0.25) is 4.79 Å². The topological polar surface area (TPSA) is 60.0 Å². The lowest BCUT2D eigenvalue weighted by Gasteiger charge is -2.29. The summed E-state index contributed by atoms with van der Waals surface area (Å²) in [6, 6.07) is 15.1. The number of methoxy groups -OCH3 is 1. The lowest BCUT2D eigenvalue weighted by Crippen LogP contribution is -2.35. The number of carbonyl (C=O) groups excluding carboxylic acids is 1. The van der Waals surface area contributed by atoms with Crippen molar-refractivity contribution in [1.29, 1.82) is 0 Å². The molecule has 1 aliphatic heterocycles. The van der Waals surface area contributed by atoms with Crippen LogP contribution in [0, 0.1) is 0 Å². The summed E-state index contributed by atoms with van der Waals surface area (Å²) in [5.41, 5.74) is 1.02. The predicted octanol–water partition coefficient (Wildman–Crippen LogP) is 2.86. The van der Waals surface area contributed by atoms with Gasteiger partial charge in [-0.05, 0) is 49.7 Å². The van der Waals surface area contributed by atoms with Crippen molar-refractivity contribution < 1.29 is 19.0 Å². The first-order valence-corrected chi connectivity index (χ1v) is 9.60. The molecule has 1 fully saturated rings. The third-order valence-electron chi connectivity index (χ3n) is 4.81. The van der Waals surface area contributed by atoms with Crippen LogP contribution in [0.25, 0.3) is 0 Å². The van der Waals surface area contributed by atoms with Gasteiger partial charge in [0.15, 0.2) is 18.1 Å². The molecule has 0 unspecified atom stereocenters. The molecule has 2 aromatic carbocycles. The van der Waals surface area contributed by atoms with Crippen molar-refractivity contribution in [3.05, 3.63) is 54.1 Å². The zero-order valence-corrected chi connectivity index (χ0v) is 16.5. The van der Waals surface area contributed by atoms with E-state index in [4.69, 9.17) is 14.2 Å². The lowest BCUT2D eigenvalue weighted by molar-refractivity contribution is -0.123. The van der Waals surface area contributed by atoms with Gasteiger partial charge in [0.2, 0.25) is 0 Å². The molecule has 150 valence electrons. The smallest absolute Gasteiger partial charge is 0.258 e. The SMILES string of the molecule is COc1ccccc1OCC(=O)NCc1ccc(OC2CCN(C)CC2)cc1. The van der Waals surface area contributed by atoms with Gasteiger partial charge in [0, 0.05) is 19.6 Å². The minimum Gasteiger partial charge on any atom is -0.493 e. The average Bonchev–Trinajstić information content (AvgIpc) is 2.73. The van der Waals surface area contributed by atoms with Crippen LogP contribution in [0.1, 0.15) is 18.4 Å². The molecule has 0 atom stereocenters. The first-order chi connectivity index (χ1) is 13.6. The minimum atomic E-state index is -0.183. The van der Waals surface area contributed by atoms with E-state index in [1.165, 1.54) is 0 Å². The predicted molar refractivity (Wildman–Crippen MR) is 108 cm³/mol. The van der Waals surface area contributed by atoms with Gasteiger partial charge in [0.05, 0.1) is 7.11 Å². The van der Waals surface area contributed by atoms with Gasteiger partial charge in [0.25, 0.3) is 5.91 Å². The highest BCUT2D eigenvalue weighted by molar-refractivity contribution is 5.77. The Bertz CT molecular complexity index is 755. The quantitative estimate of drug-likeness (QED) is 0.758. The lowest BCUT2D eigenvalue weighted by atomic mass is 10.1. The Balaban J connectivity index is 1.41. The fraction of sp³-hybridized carbons (Fsp3) is 0.409. The number of para-hydroxylation sites is 2. The van der Waals surface area contributed by atoms with Crippen LogP contribution in [-0.2, 0) is 11.3 Å². The Kier molecular flexibility index (Phi) is 7.14. The number of amides is 1. The molecule has 1 aliphatic rings. The highest BCUT2D eigenvalue weighted by Gasteiger charge is 2.17. The van der Waals surface area contributed by atoms with Crippen molar-refractivity contribution in [3.8, 4) is 17.2 Å². The van der Waals surface area contributed by atoms with E-state index in [2.05, 4.69) is 17.3 Å². The van der Waals surface area contributed by atoms with Crippen LogP contribution in [0.15, 0.2) is 48.5 Å². The van der Waals surface area contributed by atoms with Crippen LogP contribution in [0.3, 0.4) is 0 Å².